The molecule has 0 saturated carbocycles. The Kier molecular flexibility index (Phi) is 6.03. The van der Waals surface area contributed by atoms with Crippen molar-refractivity contribution in [2.75, 3.05) is 26.2 Å². The first-order valence-corrected chi connectivity index (χ1v) is 10.2. The van der Waals surface area contributed by atoms with Crippen molar-refractivity contribution in [2.45, 2.75) is 51.6 Å². The van der Waals surface area contributed by atoms with Crippen LogP contribution >= 0.6 is 0 Å². The third-order valence-electron chi connectivity index (χ3n) is 6.08. The predicted molar refractivity (Wildman–Crippen MR) is 107 cm³/mol. The van der Waals surface area contributed by atoms with Gasteiger partial charge in [-0.3, -0.25) is 14.5 Å². The van der Waals surface area contributed by atoms with Gasteiger partial charge >= 0.3 is 6.03 Å². The van der Waals surface area contributed by atoms with E-state index in [9.17, 15) is 14.4 Å². The molecular weight excluding hydrogens is 356 g/mol. The number of rotatable bonds is 6. The molecule has 0 spiro atoms. The summed E-state index contributed by atoms with van der Waals surface area (Å²) in [5.74, 6) is -0.493. The summed E-state index contributed by atoms with van der Waals surface area (Å²) in [5.41, 5.74) is 1.43. The fourth-order valence-corrected chi connectivity index (χ4v) is 4.05. The van der Waals surface area contributed by atoms with Gasteiger partial charge in [0.25, 0.3) is 5.91 Å². The molecule has 1 unspecified atom stereocenters. The number of piperazine rings is 1. The summed E-state index contributed by atoms with van der Waals surface area (Å²) in [6.07, 6.45) is 1.99. The first-order valence-electron chi connectivity index (χ1n) is 10.2. The van der Waals surface area contributed by atoms with Gasteiger partial charge in [0.05, 0.1) is 6.04 Å². The topological polar surface area (TPSA) is 81.8 Å². The van der Waals surface area contributed by atoms with E-state index in [0.29, 0.717) is 32.5 Å². The monoisotopic (exact) mass is 386 g/mol. The maximum Gasteiger partial charge on any atom is 0.325 e. The largest absolute Gasteiger partial charge is 0.332 e. The summed E-state index contributed by atoms with van der Waals surface area (Å²) in [6.45, 7) is 7.55. The molecule has 0 bridgehead atoms. The Bertz CT molecular complexity index is 743. The molecule has 2 aliphatic rings. The highest BCUT2D eigenvalue weighted by molar-refractivity contribution is 6.09. The van der Waals surface area contributed by atoms with Crippen LogP contribution < -0.4 is 10.6 Å². The molecule has 0 radical (unpaired) electrons. The summed E-state index contributed by atoms with van der Waals surface area (Å²) in [4.78, 5) is 41.1. The number of hydrogen-bond donors (Lipinski definition) is 2. The zero-order valence-corrected chi connectivity index (χ0v) is 17.0. The number of aryl methyl sites for hydroxylation is 1. The van der Waals surface area contributed by atoms with Crippen LogP contribution in [0.25, 0.3) is 0 Å². The van der Waals surface area contributed by atoms with Crippen LogP contribution in [0.3, 0.4) is 0 Å². The summed E-state index contributed by atoms with van der Waals surface area (Å²) in [7, 11) is 0. The molecular formula is C21H30N4O3. The molecule has 28 heavy (non-hydrogen) atoms. The van der Waals surface area contributed by atoms with Gasteiger partial charge in [-0.25, -0.2) is 4.79 Å². The molecule has 1 aromatic rings. The minimum atomic E-state index is -0.879. The fourth-order valence-electron chi connectivity index (χ4n) is 4.05. The third-order valence-corrected chi connectivity index (χ3v) is 6.08. The van der Waals surface area contributed by atoms with E-state index in [1.54, 1.807) is 4.90 Å². The van der Waals surface area contributed by atoms with Crippen molar-refractivity contribution in [3.8, 4) is 0 Å². The van der Waals surface area contributed by atoms with Crippen LogP contribution in [0.1, 0.15) is 50.8 Å². The second-order valence-corrected chi connectivity index (χ2v) is 7.51. The number of nitrogens with zero attached hydrogens (tertiary/aromatic N) is 2. The minimum absolute atomic E-state index is 0.102. The quantitative estimate of drug-likeness (QED) is 0.731. The number of imide groups is 1. The number of carbonyl (C=O) groups is 3. The molecule has 1 aromatic carbocycles. The lowest BCUT2D eigenvalue weighted by Gasteiger charge is -2.37. The van der Waals surface area contributed by atoms with Crippen LogP contribution in [-0.4, -0.2) is 59.4 Å². The van der Waals surface area contributed by atoms with Crippen LogP contribution in [0.5, 0.6) is 0 Å². The summed E-state index contributed by atoms with van der Waals surface area (Å²) >= 11 is 0. The van der Waals surface area contributed by atoms with Crippen molar-refractivity contribution in [1.29, 1.82) is 0 Å². The van der Waals surface area contributed by atoms with E-state index >= 15 is 0 Å². The highest BCUT2D eigenvalue weighted by atomic mass is 16.2. The lowest BCUT2D eigenvalue weighted by molar-refractivity contribution is -0.141. The van der Waals surface area contributed by atoms with Crippen LogP contribution in [0.2, 0.25) is 0 Å². The van der Waals surface area contributed by atoms with Crippen molar-refractivity contribution in [3.05, 3.63) is 35.4 Å². The zero-order valence-electron chi connectivity index (χ0n) is 17.0. The van der Waals surface area contributed by atoms with Gasteiger partial charge in [-0.2, -0.15) is 0 Å². The molecule has 2 N–H and O–H groups in total. The first-order chi connectivity index (χ1) is 13.5. The summed E-state index contributed by atoms with van der Waals surface area (Å²) in [6, 6.07) is 7.71. The molecule has 2 aliphatic heterocycles. The van der Waals surface area contributed by atoms with Crippen molar-refractivity contribution >= 4 is 17.8 Å². The van der Waals surface area contributed by atoms with Gasteiger partial charge in [0.1, 0.15) is 12.1 Å². The van der Waals surface area contributed by atoms with E-state index in [-0.39, 0.29) is 24.4 Å². The molecule has 0 aliphatic carbocycles. The molecule has 7 nitrogen and oxygen atoms in total. The SMILES string of the molecule is CCc1ccc(C2CNCCN2C(=O)CN2C(=O)NC(CC)(CC)C2=O)cc1. The van der Waals surface area contributed by atoms with Crippen LogP contribution in [0, 0.1) is 0 Å². The van der Waals surface area contributed by atoms with Crippen LogP contribution in [0.4, 0.5) is 4.79 Å². The molecule has 152 valence electrons. The minimum Gasteiger partial charge on any atom is -0.332 e. The van der Waals surface area contributed by atoms with Gasteiger partial charge in [0.2, 0.25) is 5.91 Å². The molecule has 0 aromatic heterocycles. The van der Waals surface area contributed by atoms with Gasteiger partial charge in [-0.05, 0) is 30.4 Å². The van der Waals surface area contributed by atoms with E-state index in [1.165, 1.54) is 5.56 Å². The molecule has 3 rings (SSSR count). The van der Waals surface area contributed by atoms with Crippen molar-refractivity contribution in [2.24, 2.45) is 0 Å². The van der Waals surface area contributed by atoms with Gasteiger partial charge < -0.3 is 15.5 Å². The van der Waals surface area contributed by atoms with E-state index in [0.717, 1.165) is 16.9 Å². The van der Waals surface area contributed by atoms with Crippen LogP contribution in [-0.2, 0) is 16.0 Å². The van der Waals surface area contributed by atoms with Crippen molar-refractivity contribution in [1.82, 2.24) is 20.4 Å². The highest BCUT2D eigenvalue weighted by Crippen LogP contribution is 2.27. The maximum atomic E-state index is 13.1. The van der Waals surface area contributed by atoms with E-state index in [4.69, 9.17) is 0 Å². The summed E-state index contributed by atoms with van der Waals surface area (Å²) < 4.78 is 0. The third kappa shape index (κ3) is 3.63. The normalized spacial score (nSPS) is 21.8. The Labute approximate surface area is 166 Å². The van der Waals surface area contributed by atoms with E-state index in [2.05, 4.69) is 41.8 Å². The number of urea groups is 1. The zero-order chi connectivity index (χ0) is 20.3. The maximum absolute atomic E-state index is 13.1. The van der Waals surface area contributed by atoms with Gasteiger partial charge in [-0.1, -0.05) is 45.0 Å². The number of hydrogen-bond acceptors (Lipinski definition) is 4. The Morgan fingerprint density at radius 1 is 1.14 bits per heavy atom. The molecule has 2 saturated heterocycles. The molecule has 2 fully saturated rings. The Balaban J connectivity index is 1.76. The average Bonchev–Trinajstić information content (AvgIpc) is 2.98. The Morgan fingerprint density at radius 2 is 1.82 bits per heavy atom. The number of amides is 4. The Morgan fingerprint density at radius 3 is 2.39 bits per heavy atom. The smallest absolute Gasteiger partial charge is 0.325 e. The van der Waals surface area contributed by atoms with Crippen LogP contribution in [0.15, 0.2) is 24.3 Å². The first kappa shape index (κ1) is 20.3. The number of benzene rings is 1. The van der Waals surface area contributed by atoms with Gasteiger partial charge in [0, 0.05) is 19.6 Å². The van der Waals surface area contributed by atoms with Gasteiger partial charge in [-0.15, -0.1) is 0 Å². The Hall–Kier alpha value is -2.41. The predicted octanol–water partition coefficient (Wildman–Crippen LogP) is 1.83. The second-order valence-electron chi connectivity index (χ2n) is 7.51. The van der Waals surface area contributed by atoms with Crippen molar-refractivity contribution in [3.63, 3.8) is 0 Å². The lowest BCUT2D eigenvalue weighted by atomic mass is 9.93. The van der Waals surface area contributed by atoms with Gasteiger partial charge in [0.15, 0.2) is 0 Å². The number of nitrogens with one attached hydrogen (secondary N) is 2. The molecule has 1 atom stereocenters. The lowest BCUT2D eigenvalue weighted by Crippen LogP contribution is -2.52. The number of carbonyl (C=O) groups excluding carboxylic acids is 3. The average molecular weight is 386 g/mol. The molecule has 7 heteroatoms. The second kappa shape index (κ2) is 8.31. The fraction of sp³-hybridized carbons (Fsp3) is 0.571. The summed E-state index contributed by atoms with van der Waals surface area (Å²) in [5, 5.41) is 6.12. The van der Waals surface area contributed by atoms with E-state index < -0.39 is 11.6 Å². The molecule has 4 amide bonds. The van der Waals surface area contributed by atoms with Crippen molar-refractivity contribution < 1.29 is 14.4 Å². The molecule has 2 heterocycles. The highest BCUT2D eigenvalue weighted by Gasteiger charge is 2.49. The standard InChI is InChI=1S/C21H30N4O3/c1-4-15-7-9-16(10-8-15)17-13-22-11-12-24(17)18(26)14-25-19(27)21(5-2,6-3)23-20(25)28/h7-10,17,22H,4-6,11-14H2,1-3H3,(H,23,28). The van der Waals surface area contributed by atoms with E-state index in [1.807, 2.05) is 13.8 Å².